The minimum Gasteiger partial charge on any atom is -0.492 e. The van der Waals surface area contributed by atoms with Gasteiger partial charge in [-0.25, -0.2) is 9.97 Å². The second-order valence-corrected chi connectivity index (χ2v) is 13.6. The number of likely N-dealkylation sites (tertiary alicyclic amines) is 2. The molecule has 2 saturated heterocycles. The summed E-state index contributed by atoms with van der Waals surface area (Å²) < 4.78 is 12.3. The number of nitrogens with zero attached hydrogens (tertiary/aromatic N) is 4. The molecule has 2 atom stereocenters. The molecular weight excluding hydrogens is 596 g/mol. The van der Waals surface area contributed by atoms with Gasteiger partial charge in [0.05, 0.1) is 22.1 Å². The van der Waals surface area contributed by atoms with Crippen molar-refractivity contribution in [2.24, 2.45) is 0 Å². The molecule has 4 heterocycles. The molecular formula is C40H44N6O2. The fraction of sp³-hybridized carbons (Fsp3) is 0.350. The first-order valence-corrected chi connectivity index (χ1v) is 17.4. The van der Waals surface area contributed by atoms with Crippen LogP contribution in [0.4, 0.5) is 0 Å². The molecule has 4 aromatic carbocycles. The number of likely N-dealkylation sites (N-methyl/N-ethyl adjacent to an activating group) is 2. The van der Waals surface area contributed by atoms with E-state index in [1.54, 1.807) is 0 Å². The molecule has 48 heavy (non-hydrogen) atoms. The fourth-order valence-electron chi connectivity index (χ4n) is 7.16. The second kappa shape index (κ2) is 13.5. The molecule has 0 amide bonds. The maximum absolute atomic E-state index is 6.14. The molecule has 0 aliphatic carbocycles. The molecule has 8 heteroatoms. The number of ether oxygens (including phenoxy) is 2. The summed E-state index contributed by atoms with van der Waals surface area (Å²) in [6.07, 6.45) is 7.55. The van der Waals surface area contributed by atoms with Gasteiger partial charge in [-0.15, -0.1) is 0 Å². The molecule has 6 aromatic rings. The Morgan fingerprint density at radius 3 is 1.40 bits per heavy atom. The Morgan fingerprint density at radius 2 is 0.979 bits per heavy atom. The van der Waals surface area contributed by atoms with Crippen LogP contribution in [0.1, 0.15) is 38.5 Å². The molecule has 2 fully saturated rings. The van der Waals surface area contributed by atoms with E-state index in [-0.39, 0.29) is 0 Å². The summed E-state index contributed by atoms with van der Waals surface area (Å²) in [7, 11) is 4.39. The smallest absolute Gasteiger partial charge is 0.138 e. The van der Waals surface area contributed by atoms with E-state index in [0.717, 1.165) is 93.8 Å². The molecule has 2 N–H and O–H groups in total. The van der Waals surface area contributed by atoms with Gasteiger partial charge >= 0.3 is 0 Å². The van der Waals surface area contributed by atoms with Crippen molar-refractivity contribution in [3.63, 3.8) is 0 Å². The van der Waals surface area contributed by atoms with Crippen molar-refractivity contribution in [1.82, 2.24) is 29.7 Å². The van der Waals surface area contributed by atoms with Gasteiger partial charge < -0.3 is 29.2 Å². The largest absolute Gasteiger partial charge is 0.492 e. The number of imidazole rings is 2. The maximum atomic E-state index is 6.14. The van der Waals surface area contributed by atoms with E-state index in [9.17, 15) is 0 Å². The topological polar surface area (TPSA) is 82.3 Å². The summed E-state index contributed by atoms with van der Waals surface area (Å²) >= 11 is 0. The zero-order valence-corrected chi connectivity index (χ0v) is 27.9. The highest BCUT2D eigenvalue weighted by atomic mass is 16.5. The summed E-state index contributed by atoms with van der Waals surface area (Å²) in [5, 5.41) is 0. The quantitative estimate of drug-likeness (QED) is 0.166. The highest BCUT2D eigenvalue weighted by Gasteiger charge is 2.20. The van der Waals surface area contributed by atoms with Crippen LogP contribution in [-0.4, -0.2) is 82.2 Å². The molecule has 2 aromatic heterocycles. The van der Waals surface area contributed by atoms with Crippen LogP contribution in [0.25, 0.3) is 56.0 Å². The first-order valence-electron chi connectivity index (χ1n) is 17.4. The van der Waals surface area contributed by atoms with Gasteiger partial charge in [0.2, 0.25) is 0 Å². The predicted molar refractivity (Wildman–Crippen MR) is 194 cm³/mol. The number of aromatic amines is 2. The minimum absolute atomic E-state index is 0.496. The Morgan fingerprint density at radius 1 is 0.562 bits per heavy atom. The number of aromatic nitrogens is 4. The first-order chi connectivity index (χ1) is 23.6. The number of piperidine rings is 2. The summed E-state index contributed by atoms with van der Waals surface area (Å²) in [6.45, 7) is 3.78. The van der Waals surface area contributed by atoms with Crippen molar-refractivity contribution >= 4 is 22.1 Å². The summed E-state index contributed by atoms with van der Waals surface area (Å²) in [6, 6.07) is 30.3. The van der Waals surface area contributed by atoms with Crippen molar-refractivity contribution in [3.05, 3.63) is 84.9 Å². The number of fused-ring (bicyclic) bond motifs is 2. The molecule has 8 nitrogen and oxygen atoms in total. The number of benzene rings is 4. The number of hydrogen-bond donors (Lipinski definition) is 2. The van der Waals surface area contributed by atoms with Gasteiger partial charge in [-0.1, -0.05) is 25.0 Å². The molecule has 246 valence electrons. The van der Waals surface area contributed by atoms with Crippen LogP contribution in [0.2, 0.25) is 0 Å². The Bertz CT molecular complexity index is 1850. The third-order valence-electron chi connectivity index (χ3n) is 10.3. The fourth-order valence-corrected chi connectivity index (χ4v) is 7.16. The van der Waals surface area contributed by atoms with Gasteiger partial charge in [0, 0.05) is 23.2 Å². The number of H-pyrrole nitrogens is 2. The van der Waals surface area contributed by atoms with Gasteiger partial charge in [-0.3, -0.25) is 0 Å². The second-order valence-electron chi connectivity index (χ2n) is 13.6. The van der Waals surface area contributed by atoms with Crippen LogP contribution < -0.4 is 9.47 Å². The first kappa shape index (κ1) is 30.7. The lowest BCUT2D eigenvalue weighted by Gasteiger charge is -2.32. The van der Waals surface area contributed by atoms with Crippen LogP contribution in [0.3, 0.4) is 0 Å². The van der Waals surface area contributed by atoms with E-state index < -0.39 is 0 Å². The van der Waals surface area contributed by atoms with E-state index in [1.165, 1.54) is 38.5 Å². The Hall–Kier alpha value is -4.66. The van der Waals surface area contributed by atoms with Crippen LogP contribution in [0.5, 0.6) is 11.5 Å². The van der Waals surface area contributed by atoms with E-state index in [0.29, 0.717) is 12.1 Å². The zero-order valence-electron chi connectivity index (χ0n) is 27.9. The van der Waals surface area contributed by atoms with Crippen LogP contribution in [0.15, 0.2) is 84.9 Å². The highest BCUT2D eigenvalue weighted by Crippen LogP contribution is 2.30. The molecule has 2 aliphatic heterocycles. The lowest BCUT2D eigenvalue weighted by Crippen LogP contribution is -2.40. The van der Waals surface area contributed by atoms with E-state index in [2.05, 4.69) is 94.5 Å². The van der Waals surface area contributed by atoms with E-state index in [4.69, 9.17) is 19.4 Å². The minimum atomic E-state index is 0.496. The average Bonchev–Trinajstić information content (AvgIpc) is 3.75. The van der Waals surface area contributed by atoms with Gasteiger partial charge in [0.25, 0.3) is 0 Å². The van der Waals surface area contributed by atoms with Crippen molar-refractivity contribution in [3.8, 4) is 45.4 Å². The van der Waals surface area contributed by atoms with Crippen LogP contribution in [0, 0.1) is 0 Å². The lowest BCUT2D eigenvalue weighted by molar-refractivity contribution is 0.125. The molecule has 2 aliphatic rings. The van der Waals surface area contributed by atoms with Crippen molar-refractivity contribution < 1.29 is 9.47 Å². The Balaban J connectivity index is 0.941. The van der Waals surface area contributed by atoms with Gasteiger partial charge in [0.1, 0.15) is 36.4 Å². The molecule has 2 unspecified atom stereocenters. The standard InChI is InChI=1S/C40H44N6O2/c1-45-21-5-3-7-31(45)25-47-33-15-9-27(10-16-33)39-41-35-19-13-29(23-37(35)43-39)30-14-20-36-38(24-30)44-40(42-36)28-11-17-34(18-12-28)48-26-32-8-4-6-22-46(32)2/h9-20,23-24,31-32H,3-8,21-22,25-26H2,1-2H3,(H,41,43)(H,42,44). The third-order valence-corrected chi connectivity index (χ3v) is 10.3. The van der Waals surface area contributed by atoms with Gasteiger partial charge in [-0.2, -0.15) is 0 Å². The lowest BCUT2D eigenvalue weighted by atomic mass is 10.0. The molecule has 0 saturated carbocycles. The van der Waals surface area contributed by atoms with Gasteiger partial charge in [0.15, 0.2) is 0 Å². The molecule has 0 radical (unpaired) electrons. The normalized spacial score (nSPS) is 19.2. The maximum Gasteiger partial charge on any atom is 0.138 e. The Labute approximate surface area is 282 Å². The average molecular weight is 641 g/mol. The molecule has 0 bridgehead atoms. The predicted octanol–water partition coefficient (Wildman–Crippen LogP) is 8.17. The Kier molecular flexibility index (Phi) is 8.59. The zero-order chi connectivity index (χ0) is 32.5. The summed E-state index contributed by atoms with van der Waals surface area (Å²) in [5.41, 5.74) is 8.22. The van der Waals surface area contributed by atoms with Crippen LogP contribution >= 0.6 is 0 Å². The molecule has 0 spiro atoms. The van der Waals surface area contributed by atoms with E-state index >= 15 is 0 Å². The SMILES string of the molecule is CN1CCCCC1COc1ccc(-c2nc3ccc(-c4ccc5nc(-c6ccc(OCC7CCCCN7C)cc6)[nH]c5c4)cc3[nH]2)cc1. The third kappa shape index (κ3) is 6.55. The van der Waals surface area contributed by atoms with Crippen molar-refractivity contribution in [2.75, 3.05) is 40.4 Å². The van der Waals surface area contributed by atoms with Crippen molar-refractivity contribution in [1.29, 1.82) is 0 Å². The van der Waals surface area contributed by atoms with Crippen molar-refractivity contribution in [2.45, 2.75) is 50.6 Å². The number of hydrogen-bond acceptors (Lipinski definition) is 6. The van der Waals surface area contributed by atoms with E-state index in [1.807, 2.05) is 24.3 Å². The molecule has 8 rings (SSSR count). The monoisotopic (exact) mass is 640 g/mol. The summed E-state index contributed by atoms with van der Waals surface area (Å²) in [5.74, 6) is 3.51. The highest BCUT2D eigenvalue weighted by molar-refractivity contribution is 5.88. The van der Waals surface area contributed by atoms with Crippen LogP contribution in [-0.2, 0) is 0 Å². The number of rotatable bonds is 9. The van der Waals surface area contributed by atoms with Gasteiger partial charge in [-0.05, 0) is 137 Å². The summed E-state index contributed by atoms with van der Waals surface area (Å²) in [4.78, 5) is 21.7. The number of nitrogens with one attached hydrogen (secondary N) is 2.